The van der Waals surface area contributed by atoms with Gasteiger partial charge in [-0.05, 0) is 6.92 Å². The number of nitrogens with two attached hydrogens (primary N) is 1. The first-order chi connectivity index (χ1) is 4.13. The molecule has 0 saturated heterocycles. The summed E-state index contributed by atoms with van der Waals surface area (Å²) in [6.07, 6.45) is 0. The fourth-order valence-electron chi connectivity index (χ4n) is 0.650. The van der Waals surface area contributed by atoms with Gasteiger partial charge in [-0.1, -0.05) is 11.6 Å². The Kier molecular flexibility index (Phi) is 1.37. The molecule has 0 aliphatic rings. The minimum atomic E-state index is 0.522. The van der Waals surface area contributed by atoms with Crippen LogP contribution in [0.4, 0.5) is 5.82 Å². The Morgan fingerprint density at radius 2 is 2.22 bits per heavy atom. The van der Waals surface area contributed by atoms with Crippen molar-refractivity contribution in [1.29, 1.82) is 0 Å². The third kappa shape index (κ3) is 0.876. The summed E-state index contributed by atoms with van der Waals surface area (Å²) >= 11 is 5.69. The van der Waals surface area contributed by atoms with Crippen LogP contribution in [-0.4, -0.2) is 9.78 Å². The Balaban J connectivity index is 3.29. The van der Waals surface area contributed by atoms with Crippen molar-refractivity contribution in [2.75, 3.05) is 5.73 Å². The molecule has 0 aliphatic heterocycles. The second-order valence-corrected chi connectivity index (χ2v) is 2.29. The molecule has 50 valence electrons. The molecule has 1 rings (SSSR count). The SMILES string of the molecule is Cc1nn(C)c(N)c1Cl. The van der Waals surface area contributed by atoms with E-state index in [1.807, 2.05) is 6.92 Å². The van der Waals surface area contributed by atoms with Crippen LogP contribution in [-0.2, 0) is 7.05 Å². The van der Waals surface area contributed by atoms with Gasteiger partial charge >= 0.3 is 0 Å². The summed E-state index contributed by atoms with van der Waals surface area (Å²) in [7, 11) is 1.76. The minimum absolute atomic E-state index is 0.522. The highest BCUT2D eigenvalue weighted by Gasteiger charge is 2.04. The molecule has 1 heterocycles. The van der Waals surface area contributed by atoms with Gasteiger partial charge < -0.3 is 5.73 Å². The molecule has 0 radical (unpaired) electrons. The third-order valence-corrected chi connectivity index (χ3v) is 1.66. The molecule has 0 unspecified atom stereocenters. The topological polar surface area (TPSA) is 43.8 Å². The molecule has 0 bridgehead atoms. The summed E-state index contributed by atoms with van der Waals surface area (Å²) in [6.45, 7) is 1.82. The average molecular weight is 146 g/mol. The summed E-state index contributed by atoms with van der Waals surface area (Å²) < 4.78 is 1.55. The second-order valence-electron chi connectivity index (χ2n) is 1.91. The molecule has 9 heavy (non-hydrogen) atoms. The predicted molar refractivity (Wildman–Crippen MR) is 37.4 cm³/mol. The molecule has 3 nitrogen and oxygen atoms in total. The maximum absolute atomic E-state index is 5.69. The van der Waals surface area contributed by atoms with E-state index in [9.17, 15) is 0 Å². The molecular weight excluding hydrogens is 138 g/mol. The van der Waals surface area contributed by atoms with Crippen LogP contribution in [0.1, 0.15) is 5.69 Å². The standard InChI is InChI=1S/C5H8ClN3/c1-3-4(6)5(7)9(2)8-3/h7H2,1-2H3. The number of hydrogen-bond acceptors (Lipinski definition) is 2. The van der Waals surface area contributed by atoms with Gasteiger partial charge in [-0.15, -0.1) is 0 Å². The first-order valence-corrected chi connectivity index (χ1v) is 2.95. The van der Waals surface area contributed by atoms with Crippen LogP contribution >= 0.6 is 11.6 Å². The highest BCUT2D eigenvalue weighted by atomic mass is 35.5. The van der Waals surface area contributed by atoms with Gasteiger partial charge in [-0.25, -0.2) is 0 Å². The van der Waals surface area contributed by atoms with E-state index in [2.05, 4.69) is 5.10 Å². The number of nitrogen functional groups attached to an aromatic ring is 1. The van der Waals surface area contributed by atoms with E-state index in [0.29, 0.717) is 10.8 Å². The monoisotopic (exact) mass is 145 g/mol. The highest BCUT2D eigenvalue weighted by Crippen LogP contribution is 2.20. The van der Waals surface area contributed by atoms with Crippen molar-refractivity contribution in [3.8, 4) is 0 Å². The first-order valence-electron chi connectivity index (χ1n) is 2.57. The van der Waals surface area contributed by atoms with Crippen LogP contribution in [0.3, 0.4) is 0 Å². The average Bonchev–Trinajstić information content (AvgIpc) is 1.98. The summed E-state index contributed by atoms with van der Waals surface area (Å²) in [5.41, 5.74) is 6.25. The maximum Gasteiger partial charge on any atom is 0.140 e. The van der Waals surface area contributed by atoms with E-state index >= 15 is 0 Å². The van der Waals surface area contributed by atoms with Gasteiger partial charge in [0.1, 0.15) is 10.8 Å². The highest BCUT2D eigenvalue weighted by molar-refractivity contribution is 6.33. The number of anilines is 1. The normalized spacial score (nSPS) is 10.1. The molecule has 0 aliphatic carbocycles. The Labute approximate surface area is 58.4 Å². The zero-order valence-electron chi connectivity index (χ0n) is 5.35. The molecule has 1 aromatic rings. The smallest absolute Gasteiger partial charge is 0.140 e. The predicted octanol–water partition coefficient (Wildman–Crippen LogP) is 0.964. The van der Waals surface area contributed by atoms with E-state index in [4.69, 9.17) is 17.3 Å². The van der Waals surface area contributed by atoms with Gasteiger partial charge in [0.15, 0.2) is 0 Å². The van der Waals surface area contributed by atoms with E-state index in [1.54, 1.807) is 11.7 Å². The number of nitrogens with zero attached hydrogens (tertiary/aromatic N) is 2. The van der Waals surface area contributed by atoms with Crippen LogP contribution in [0.25, 0.3) is 0 Å². The van der Waals surface area contributed by atoms with Gasteiger partial charge in [-0.2, -0.15) is 5.10 Å². The largest absolute Gasteiger partial charge is 0.383 e. The van der Waals surface area contributed by atoms with Crippen molar-refractivity contribution < 1.29 is 0 Å². The Bertz CT molecular complexity index is 206. The quantitative estimate of drug-likeness (QED) is 0.591. The summed E-state index contributed by atoms with van der Waals surface area (Å²) in [4.78, 5) is 0. The minimum Gasteiger partial charge on any atom is -0.383 e. The maximum atomic E-state index is 5.69. The molecule has 0 saturated carbocycles. The van der Waals surface area contributed by atoms with E-state index in [0.717, 1.165) is 5.69 Å². The van der Waals surface area contributed by atoms with Gasteiger partial charge in [0.05, 0.1) is 5.69 Å². The number of halogens is 1. The molecule has 0 fully saturated rings. The lowest BCUT2D eigenvalue weighted by molar-refractivity contribution is 0.767. The van der Waals surface area contributed by atoms with Crippen molar-refractivity contribution in [3.05, 3.63) is 10.7 Å². The third-order valence-electron chi connectivity index (χ3n) is 1.19. The van der Waals surface area contributed by atoms with Gasteiger partial charge in [0.25, 0.3) is 0 Å². The number of aromatic nitrogens is 2. The molecule has 0 aromatic carbocycles. The summed E-state index contributed by atoms with van der Waals surface area (Å²) in [5, 5.41) is 4.52. The molecule has 0 amide bonds. The van der Waals surface area contributed by atoms with Crippen molar-refractivity contribution in [2.24, 2.45) is 7.05 Å². The number of hydrogen-bond donors (Lipinski definition) is 1. The van der Waals surface area contributed by atoms with Crippen LogP contribution in [0, 0.1) is 6.92 Å². The van der Waals surface area contributed by atoms with Crippen molar-refractivity contribution in [1.82, 2.24) is 9.78 Å². The fourth-order valence-corrected chi connectivity index (χ4v) is 0.810. The Morgan fingerprint density at radius 1 is 1.67 bits per heavy atom. The molecule has 1 aromatic heterocycles. The molecule has 2 N–H and O–H groups in total. The van der Waals surface area contributed by atoms with Crippen LogP contribution in [0.15, 0.2) is 0 Å². The van der Waals surface area contributed by atoms with Crippen LogP contribution in [0.5, 0.6) is 0 Å². The summed E-state index contributed by atoms with van der Waals surface area (Å²) in [5.74, 6) is 0.522. The fraction of sp³-hybridized carbons (Fsp3) is 0.400. The van der Waals surface area contributed by atoms with E-state index in [-0.39, 0.29) is 0 Å². The van der Waals surface area contributed by atoms with Crippen LogP contribution in [0.2, 0.25) is 5.02 Å². The number of rotatable bonds is 0. The van der Waals surface area contributed by atoms with Gasteiger partial charge in [0, 0.05) is 7.05 Å². The lowest BCUT2D eigenvalue weighted by Gasteiger charge is -1.89. The van der Waals surface area contributed by atoms with Crippen molar-refractivity contribution in [3.63, 3.8) is 0 Å². The van der Waals surface area contributed by atoms with Gasteiger partial charge in [0.2, 0.25) is 0 Å². The van der Waals surface area contributed by atoms with Crippen molar-refractivity contribution >= 4 is 17.4 Å². The lowest BCUT2D eigenvalue weighted by atomic mass is 10.5. The molecule has 0 spiro atoms. The van der Waals surface area contributed by atoms with E-state index < -0.39 is 0 Å². The molecular formula is C5H8ClN3. The van der Waals surface area contributed by atoms with Crippen LogP contribution < -0.4 is 5.73 Å². The second kappa shape index (κ2) is 1.92. The molecule has 0 atom stereocenters. The number of aryl methyl sites for hydroxylation is 2. The van der Waals surface area contributed by atoms with Crippen molar-refractivity contribution in [2.45, 2.75) is 6.92 Å². The first kappa shape index (κ1) is 6.42. The Hall–Kier alpha value is -0.700. The lowest BCUT2D eigenvalue weighted by Crippen LogP contribution is -1.96. The Morgan fingerprint density at radius 3 is 2.33 bits per heavy atom. The molecule has 4 heteroatoms. The van der Waals surface area contributed by atoms with Gasteiger partial charge in [-0.3, -0.25) is 4.68 Å². The zero-order chi connectivity index (χ0) is 7.02. The van der Waals surface area contributed by atoms with E-state index in [1.165, 1.54) is 0 Å². The zero-order valence-corrected chi connectivity index (χ0v) is 6.11. The summed E-state index contributed by atoms with van der Waals surface area (Å²) in [6, 6.07) is 0.